The summed E-state index contributed by atoms with van der Waals surface area (Å²) in [6.45, 7) is 0. The van der Waals surface area contributed by atoms with Crippen molar-refractivity contribution in [3.63, 3.8) is 0 Å². The summed E-state index contributed by atoms with van der Waals surface area (Å²) in [6.07, 6.45) is 1.44. The van der Waals surface area contributed by atoms with Crippen LogP contribution in [0.4, 0.5) is 4.79 Å². The van der Waals surface area contributed by atoms with Gasteiger partial charge in [0.25, 0.3) is 0 Å². The number of carbonyl (C=O) groups excluding carboxylic acids is 1. The van der Waals surface area contributed by atoms with Gasteiger partial charge in [0, 0.05) is 5.02 Å². The second kappa shape index (κ2) is 4.47. The predicted molar refractivity (Wildman–Crippen MR) is 61.6 cm³/mol. The van der Waals surface area contributed by atoms with Crippen LogP contribution in [-0.4, -0.2) is 17.1 Å². The molecule has 5 nitrogen and oxygen atoms in total. The lowest BCUT2D eigenvalue weighted by atomic mass is 10.0. The van der Waals surface area contributed by atoms with E-state index in [-0.39, 0.29) is 5.70 Å². The van der Waals surface area contributed by atoms with Crippen LogP contribution in [-0.2, 0) is 4.79 Å². The molecule has 1 aromatic rings. The Labute approximate surface area is 102 Å². The van der Waals surface area contributed by atoms with E-state index in [1.165, 1.54) is 6.08 Å². The van der Waals surface area contributed by atoms with Gasteiger partial charge in [0.15, 0.2) is 0 Å². The molecule has 0 aromatic heterocycles. The highest BCUT2D eigenvalue weighted by molar-refractivity contribution is 6.30. The normalized spacial score (nSPS) is 19.0. The van der Waals surface area contributed by atoms with Crippen LogP contribution < -0.4 is 10.6 Å². The van der Waals surface area contributed by atoms with Gasteiger partial charge in [0.05, 0.1) is 6.04 Å². The van der Waals surface area contributed by atoms with Crippen molar-refractivity contribution < 1.29 is 14.7 Å². The lowest BCUT2D eigenvalue weighted by Crippen LogP contribution is -2.43. The predicted octanol–water partition coefficient (Wildman–Crippen LogP) is 1.66. The van der Waals surface area contributed by atoms with E-state index < -0.39 is 18.0 Å². The van der Waals surface area contributed by atoms with Crippen molar-refractivity contribution in [1.82, 2.24) is 10.6 Å². The number of hydrogen-bond donors (Lipinski definition) is 3. The topological polar surface area (TPSA) is 78.4 Å². The minimum atomic E-state index is -1.17. The van der Waals surface area contributed by atoms with E-state index in [1.807, 2.05) is 0 Å². The molecule has 2 amide bonds. The minimum absolute atomic E-state index is 0.131. The highest BCUT2D eigenvalue weighted by atomic mass is 35.5. The van der Waals surface area contributed by atoms with Gasteiger partial charge in [-0.2, -0.15) is 0 Å². The van der Waals surface area contributed by atoms with Gasteiger partial charge in [-0.3, -0.25) is 0 Å². The Morgan fingerprint density at radius 2 is 1.94 bits per heavy atom. The first kappa shape index (κ1) is 11.5. The fraction of sp³-hybridized carbons (Fsp3) is 0.0909. The number of urea groups is 1. The molecule has 88 valence electrons. The maximum absolute atomic E-state index is 11.3. The van der Waals surface area contributed by atoms with Gasteiger partial charge in [0.1, 0.15) is 5.70 Å². The Balaban J connectivity index is 2.32. The highest BCUT2D eigenvalue weighted by Crippen LogP contribution is 2.20. The average molecular weight is 253 g/mol. The van der Waals surface area contributed by atoms with E-state index in [2.05, 4.69) is 10.6 Å². The third kappa shape index (κ3) is 2.57. The molecule has 1 aliphatic heterocycles. The number of carbonyl (C=O) groups is 2. The van der Waals surface area contributed by atoms with Crippen molar-refractivity contribution in [2.75, 3.05) is 0 Å². The molecule has 0 radical (unpaired) electrons. The molecular formula is C11H9ClN2O3. The lowest BCUT2D eigenvalue weighted by molar-refractivity contribution is -0.133. The van der Waals surface area contributed by atoms with Crippen molar-refractivity contribution in [2.24, 2.45) is 0 Å². The number of nitrogens with one attached hydrogen (secondary N) is 2. The van der Waals surface area contributed by atoms with Crippen LogP contribution in [0.2, 0.25) is 5.02 Å². The molecule has 1 aromatic carbocycles. The van der Waals surface area contributed by atoms with E-state index in [4.69, 9.17) is 16.7 Å². The van der Waals surface area contributed by atoms with Gasteiger partial charge in [-0.1, -0.05) is 23.7 Å². The third-order valence-corrected chi connectivity index (χ3v) is 2.58. The molecule has 0 spiro atoms. The molecule has 1 atom stereocenters. The van der Waals surface area contributed by atoms with Gasteiger partial charge in [-0.05, 0) is 23.8 Å². The summed E-state index contributed by atoms with van der Waals surface area (Å²) in [6, 6.07) is 5.82. The van der Waals surface area contributed by atoms with Crippen LogP contribution in [0.25, 0.3) is 0 Å². The molecule has 2 rings (SSSR count). The van der Waals surface area contributed by atoms with Crippen molar-refractivity contribution in [2.45, 2.75) is 6.04 Å². The standard InChI is InChI=1S/C11H9ClN2O3/c12-7-3-1-6(2-4-7)8-5-9(10(15)16)14-11(17)13-8/h1-5,8H,(H,15,16)(H2,13,14,17)/t8-/m0/s1. The quantitative estimate of drug-likeness (QED) is 0.749. The fourth-order valence-corrected chi connectivity index (χ4v) is 1.65. The molecule has 0 fully saturated rings. The van der Waals surface area contributed by atoms with Crippen LogP contribution in [0.1, 0.15) is 11.6 Å². The number of carboxylic acid groups (broad SMARTS) is 1. The third-order valence-electron chi connectivity index (χ3n) is 2.33. The van der Waals surface area contributed by atoms with E-state index >= 15 is 0 Å². The van der Waals surface area contributed by atoms with E-state index in [0.717, 1.165) is 5.56 Å². The van der Waals surface area contributed by atoms with Crippen molar-refractivity contribution in [3.05, 3.63) is 46.6 Å². The number of rotatable bonds is 2. The molecule has 1 aliphatic rings. The maximum Gasteiger partial charge on any atom is 0.352 e. The molecule has 3 N–H and O–H groups in total. The van der Waals surface area contributed by atoms with Gasteiger partial charge < -0.3 is 15.7 Å². The summed E-state index contributed by atoms with van der Waals surface area (Å²) in [5, 5.41) is 14.2. The Kier molecular flexibility index (Phi) is 3.01. The zero-order chi connectivity index (χ0) is 12.4. The summed E-state index contributed by atoms with van der Waals surface area (Å²) in [7, 11) is 0. The first-order valence-corrected chi connectivity index (χ1v) is 5.22. The Morgan fingerprint density at radius 1 is 1.29 bits per heavy atom. The molecule has 1 heterocycles. The molecule has 0 saturated carbocycles. The second-order valence-electron chi connectivity index (χ2n) is 3.51. The second-order valence-corrected chi connectivity index (χ2v) is 3.95. The number of halogens is 1. The molecule has 0 aliphatic carbocycles. The van der Waals surface area contributed by atoms with Crippen LogP contribution in [0, 0.1) is 0 Å². The average Bonchev–Trinajstić information content (AvgIpc) is 2.29. The summed E-state index contributed by atoms with van der Waals surface area (Å²) in [5.74, 6) is -1.17. The van der Waals surface area contributed by atoms with Gasteiger partial charge in [0.2, 0.25) is 0 Å². The molecule has 0 bridgehead atoms. The largest absolute Gasteiger partial charge is 0.477 e. The number of benzene rings is 1. The molecule has 17 heavy (non-hydrogen) atoms. The highest BCUT2D eigenvalue weighted by Gasteiger charge is 2.22. The van der Waals surface area contributed by atoms with Crippen LogP contribution in [0.5, 0.6) is 0 Å². The number of aliphatic carboxylic acids is 1. The molecule has 0 unspecified atom stereocenters. The lowest BCUT2D eigenvalue weighted by Gasteiger charge is -2.22. The van der Waals surface area contributed by atoms with Gasteiger partial charge in [-0.15, -0.1) is 0 Å². The summed E-state index contributed by atoms with van der Waals surface area (Å²) >= 11 is 5.75. The Morgan fingerprint density at radius 3 is 2.53 bits per heavy atom. The summed E-state index contributed by atoms with van der Waals surface area (Å²) in [5.41, 5.74) is 0.636. The minimum Gasteiger partial charge on any atom is -0.477 e. The van der Waals surface area contributed by atoms with Crippen molar-refractivity contribution in [3.8, 4) is 0 Å². The first-order chi connectivity index (χ1) is 8.06. The Bertz CT molecular complexity index is 496. The van der Waals surface area contributed by atoms with E-state index in [0.29, 0.717) is 5.02 Å². The van der Waals surface area contributed by atoms with Crippen LogP contribution >= 0.6 is 11.6 Å². The summed E-state index contributed by atoms with van der Waals surface area (Å²) < 4.78 is 0. The molecule has 0 saturated heterocycles. The smallest absolute Gasteiger partial charge is 0.352 e. The maximum atomic E-state index is 11.3. The van der Waals surface area contributed by atoms with Crippen LogP contribution in [0.3, 0.4) is 0 Å². The monoisotopic (exact) mass is 252 g/mol. The SMILES string of the molecule is O=C1NC(C(=O)O)=C[C@@H](c2ccc(Cl)cc2)N1. The van der Waals surface area contributed by atoms with Crippen LogP contribution in [0.15, 0.2) is 36.0 Å². The van der Waals surface area contributed by atoms with Crippen molar-refractivity contribution in [1.29, 1.82) is 0 Å². The molecular weight excluding hydrogens is 244 g/mol. The first-order valence-electron chi connectivity index (χ1n) is 4.84. The van der Waals surface area contributed by atoms with E-state index in [1.54, 1.807) is 24.3 Å². The number of carboxylic acids is 1. The van der Waals surface area contributed by atoms with Gasteiger partial charge in [-0.25, -0.2) is 9.59 Å². The zero-order valence-electron chi connectivity index (χ0n) is 8.61. The fourth-order valence-electron chi connectivity index (χ4n) is 1.52. The van der Waals surface area contributed by atoms with Gasteiger partial charge >= 0.3 is 12.0 Å². The van der Waals surface area contributed by atoms with E-state index in [9.17, 15) is 9.59 Å². The zero-order valence-corrected chi connectivity index (χ0v) is 9.36. The Hall–Kier alpha value is -2.01. The number of hydrogen-bond acceptors (Lipinski definition) is 2. The number of amides is 2. The molecule has 6 heteroatoms. The summed E-state index contributed by atoms with van der Waals surface area (Å²) in [4.78, 5) is 22.1. The van der Waals surface area contributed by atoms with Crippen molar-refractivity contribution >= 4 is 23.6 Å².